The number of carbonyl (C=O) groups is 1. The summed E-state index contributed by atoms with van der Waals surface area (Å²) in [6, 6.07) is 11.1. The Kier molecular flexibility index (Phi) is 6.37. The molecule has 0 radical (unpaired) electrons. The molecule has 0 N–H and O–H groups in total. The van der Waals surface area contributed by atoms with E-state index in [4.69, 9.17) is 25.8 Å². The van der Waals surface area contributed by atoms with Gasteiger partial charge in [-0.3, -0.25) is 4.79 Å². The Balaban J connectivity index is 1.72. The molecule has 1 saturated heterocycles. The second-order valence-corrected chi connectivity index (χ2v) is 6.49. The summed E-state index contributed by atoms with van der Waals surface area (Å²) in [6.45, 7) is 3.20. The third-order valence-corrected chi connectivity index (χ3v) is 4.69. The maximum absolute atomic E-state index is 12.5. The SMILES string of the molecule is COc1cc(C=CC(=O)c2ccc(N3CCOCC3)cc2)cc(Cl)c1OC. The number of ether oxygens (including phenoxy) is 3. The average Bonchev–Trinajstić information content (AvgIpc) is 2.72. The molecule has 1 aliphatic heterocycles. The van der Waals surface area contributed by atoms with Crippen LogP contribution < -0.4 is 14.4 Å². The lowest BCUT2D eigenvalue weighted by atomic mass is 10.1. The molecular weight excluding hydrogens is 366 g/mol. The summed E-state index contributed by atoms with van der Waals surface area (Å²) < 4.78 is 15.9. The van der Waals surface area contributed by atoms with Gasteiger partial charge < -0.3 is 19.1 Å². The third kappa shape index (κ3) is 4.62. The van der Waals surface area contributed by atoms with Crippen LogP contribution in [0.3, 0.4) is 0 Å². The van der Waals surface area contributed by atoms with Crippen LogP contribution in [0.1, 0.15) is 15.9 Å². The van der Waals surface area contributed by atoms with Crippen molar-refractivity contribution in [3.8, 4) is 11.5 Å². The molecule has 2 aromatic carbocycles. The highest BCUT2D eigenvalue weighted by atomic mass is 35.5. The molecule has 1 heterocycles. The van der Waals surface area contributed by atoms with Crippen molar-refractivity contribution in [1.82, 2.24) is 0 Å². The molecule has 0 atom stereocenters. The van der Waals surface area contributed by atoms with Gasteiger partial charge in [0.1, 0.15) is 0 Å². The fourth-order valence-electron chi connectivity index (χ4n) is 2.96. The number of anilines is 1. The number of benzene rings is 2. The molecule has 1 aliphatic rings. The van der Waals surface area contributed by atoms with Crippen molar-refractivity contribution in [3.05, 3.63) is 58.6 Å². The van der Waals surface area contributed by atoms with E-state index in [1.165, 1.54) is 13.2 Å². The first kappa shape index (κ1) is 19.3. The Morgan fingerprint density at radius 3 is 2.44 bits per heavy atom. The molecule has 1 fully saturated rings. The molecule has 3 rings (SSSR count). The van der Waals surface area contributed by atoms with Crippen LogP contribution in [0.2, 0.25) is 5.02 Å². The minimum atomic E-state index is -0.0746. The minimum absolute atomic E-state index is 0.0746. The number of ketones is 1. The summed E-state index contributed by atoms with van der Waals surface area (Å²) in [5.74, 6) is 0.919. The van der Waals surface area contributed by atoms with Gasteiger partial charge in [-0.05, 0) is 48.0 Å². The van der Waals surface area contributed by atoms with E-state index in [9.17, 15) is 4.79 Å². The van der Waals surface area contributed by atoms with Gasteiger partial charge in [-0.15, -0.1) is 0 Å². The summed E-state index contributed by atoms with van der Waals surface area (Å²) >= 11 is 6.20. The highest BCUT2D eigenvalue weighted by Gasteiger charge is 2.12. The number of halogens is 1. The first-order valence-electron chi connectivity index (χ1n) is 8.69. The van der Waals surface area contributed by atoms with Gasteiger partial charge in [0.05, 0.1) is 32.5 Å². The van der Waals surface area contributed by atoms with E-state index in [2.05, 4.69) is 4.90 Å². The lowest BCUT2D eigenvalue weighted by molar-refractivity contribution is 0.104. The second kappa shape index (κ2) is 8.93. The minimum Gasteiger partial charge on any atom is -0.493 e. The number of carbonyl (C=O) groups excluding carboxylic acids is 1. The summed E-state index contributed by atoms with van der Waals surface area (Å²) in [5, 5.41) is 0.429. The first-order chi connectivity index (χ1) is 13.1. The molecular formula is C21H22ClNO4. The lowest BCUT2D eigenvalue weighted by Gasteiger charge is -2.28. The second-order valence-electron chi connectivity index (χ2n) is 6.08. The zero-order chi connectivity index (χ0) is 19.2. The maximum atomic E-state index is 12.5. The fraction of sp³-hybridized carbons (Fsp3) is 0.286. The predicted molar refractivity (Wildman–Crippen MR) is 107 cm³/mol. The molecule has 0 spiro atoms. The third-order valence-electron chi connectivity index (χ3n) is 4.41. The van der Waals surface area contributed by atoms with E-state index in [0.29, 0.717) is 22.1 Å². The normalized spacial score (nSPS) is 14.4. The molecule has 142 valence electrons. The Bertz CT molecular complexity index is 827. The monoisotopic (exact) mass is 387 g/mol. The number of hydrogen-bond donors (Lipinski definition) is 0. The van der Waals surface area contributed by atoms with Crippen molar-refractivity contribution >= 4 is 29.1 Å². The highest BCUT2D eigenvalue weighted by Crippen LogP contribution is 2.36. The van der Waals surface area contributed by atoms with E-state index in [-0.39, 0.29) is 5.78 Å². The molecule has 0 bridgehead atoms. The van der Waals surface area contributed by atoms with Gasteiger partial charge in [-0.25, -0.2) is 0 Å². The summed E-state index contributed by atoms with van der Waals surface area (Å²) in [7, 11) is 3.08. The van der Waals surface area contributed by atoms with Crippen LogP contribution in [0.25, 0.3) is 6.08 Å². The van der Waals surface area contributed by atoms with Crippen LogP contribution in [0.15, 0.2) is 42.5 Å². The lowest BCUT2D eigenvalue weighted by Crippen LogP contribution is -2.36. The van der Waals surface area contributed by atoms with Crippen LogP contribution in [0, 0.1) is 0 Å². The molecule has 0 unspecified atom stereocenters. The Labute approximate surface area is 164 Å². The maximum Gasteiger partial charge on any atom is 0.185 e. The number of morpholine rings is 1. The van der Waals surface area contributed by atoms with E-state index >= 15 is 0 Å². The quantitative estimate of drug-likeness (QED) is 0.552. The average molecular weight is 388 g/mol. The van der Waals surface area contributed by atoms with Gasteiger partial charge in [0.2, 0.25) is 0 Å². The van der Waals surface area contributed by atoms with E-state index in [1.807, 2.05) is 24.3 Å². The van der Waals surface area contributed by atoms with Gasteiger partial charge in [0.25, 0.3) is 0 Å². The van der Waals surface area contributed by atoms with Crippen molar-refractivity contribution in [2.75, 3.05) is 45.4 Å². The molecule has 0 aliphatic carbocycles. The van der Waals surface area contributed by atoms with Gasteiger partial charge in [0, 0.05) is 24.3 Å². The van der Waals surface area contributed by atoms with E-state index < -0.39 is 0 Å². The first-order valence-corrected chi connectivity index (χ1v) is 9.07. The van der Waals surface area contributed by atoms with E-state index in [1.54, 1.807) is 25.3 Å². The fourth-order valence-corrected chi connectivity index (χ4v) is 3.26. The molecule has 5 nitrogen and oxygen atoms in total. The number of allylic oxidation sites excluding steroid dienone is 1. The Hall–Kier alpha value is -2.50. The number of methoxy groups -OCH3 is 2. The van der Waals surface area contributed by atoms with Gasteiger partial charge in [0.15, 0.2) is 17.3 Å². The molecule has 0 aromatic heterocycles. The molecule has 0 amide bonds. The Morgan fingerprint density at radius 2 is 1.81 bits per heavy atom. The summed E-state index contributed by atoms with van der Waals surface area (Å²) in [5.41, 5.74) is 2.50. The van der Waals surface area contributed by atoms with Crippen LogP contribution in [0.5, 0.6) is 11.5 Å². The summed E-state index contributed by atoms with van der Waals surface area (Å²) in [6.07, 6.45) is 3.24. The topological polar surface area (TPSA) is 48.0 Å². The standard InChI is InChI=1S/C21H22ClNO4/c1-25-20-14-15(13-18(22)21(20)26-2)3-8-19(24)16-4-6-17(7-5-16)23-9-11-27-12-10-23/h3-8,13-14H,9-12H2,1-2H3. The van der Waals surface area contributed by atoms with Crippen LogP contribution >= 0.6 is 11.6 Å². The smallest absolute Gasteiger partial charge is 0.185 e. The van der Waals surface area contributed by atoms with Crippen molar-refractivity contribution in [2.24, 2.45) is 0 Å². The molecule has 2 aromatic rings. The number of hydrogen-bond acceptors (Lipinski definition) is 5. The number of nitrogens with zero attached hydrogens (tertiary/aromatic N) is 1. The predicted octanol–water partition coefficient (Wildman–Crippen LogP) is 4.09. The van der Waals surface area contributed by atoms with Crippen LogP contribution in [-0.4, -0.2) is 46.3 Å². The van der Waals surface area contributed by atoms with Crippen LogP contribution in [0.4, 0.5) is 5.69 Å². The molecule has 6 heteroatoms. The van der Waals surface area contributed by atoms with Crippen molar-refractivity contribution < 1.29 is 19.0 Å². The highest BCUT2D eigenvalue weighted by molar-refractivity contribution is 6.32. The van der Waals surface area contributed by atoms with Crippen molar-refractivity contribution in [1.29, 1.82) is 0 Å². The van der Waals surface area contributed by atoms with Crippen LogP contribution in [-0.2, 0) is 4.74 Å². The number of rotatable bonds is 6. The zero-order valence-electron chi connectivity index (χ0n) is 15.4. The summed E-state index contributed by atoms with van der Waals surface area (Å²) in [4.78, 5) is 14.7. The van der Waals surface area contributed by atoms with Gasteiger partial charge in [-0.2, -0.15) is 0 Å². The molecule has 27 heavy (non-hydrogen) atoms. The largest absolute Gasteiger partial charge is 0.493 e. The zero-order valence-corrected chi connectivity index (χ0v) is 16.2. The van der Waals surface area contributed by atoms with Gasteiger partial charge >= 0.3 is 0 Å². The van der Waals surface area contributed by atoms with Gasteiger partial charge in [-0.1, -0.05) is 17.7 Å². The van der Waals surface area contributed by atoms with Crippen molar-refractivity contribution in [3.63, 3.8) is 0 Å². The van der Waals surface area contributed by atoms with Crippen molar-refractivity contribution in [2.45, 2.75) is 0 Å². The molecule has 0 saturated carbocycles. The van der Waals surface area contributed by atoms with E-state index in [0.717, 1.165) is 37.6 Å². The Morgan fingerprint density at radius 1 is 1.11 bits per heavy atom.